The predicted molar refractivity (Wildman–Crippen MR) is 74.2 cm³/mol. The molecular weight excluding hydrogens is 264 g/mol. The Bertz CT molecular complexity index is 595. The number of thiazole rings is 1. The van der Waals surface area contributed by atoms with E-state index in [1.54, 1.807) is 26.2 Å². The highest BCUT2D eigenvalue weighted by molar-refractivity contribution is 7.13. The first kappa shape index (κ1) is 13.5. The highest BCUT2D eigenvalue weighted by Crippen LogP contribution is 2.23. The van der Waals surface area contributed by atoms with Gasteiger partial charge in [-0.2, -0.15) is 0 Å². The van der Waals surface area contributed by atoms with E-state index in [-0.39, 0.29) is 0 Å². The second kappa shape index (κ2) is 5.81. The maximum Gasteiger partial charge on any atom is 0.336 e. The number of carboxylic acids is 1. The van der Waals surface area contributed by atoms with Gasteiger partial charge in [-0.05, 0) is 24.6 Å². The fourth-order valence-corrected chi connectivity index (χ4v) is 2.35. The van der Waals surface area contributed by atoms with Gasteiger partial charge < -0.3 is 15.2 Å². The van der Waals surface area contributed by atoms with Crippen LogP contribution in [-0.2, 0) is 11.3 Å². The van der Waals surface area contributed by atoms with Crippen LogP contribution in [0.4, 0.5) is 10.8 Å². The third-order valence-corrected chi connectivity index (χ3v) is 3.37. The summed E-state index contributed by atoms with van der Waals surface area (Å²) in [7, 11) is 1.62. The van der Waals surface area contributed by atoms with Gasteiger partial charge >= 0.3 is 5.97 Å². The average molecular weight is 278 g/mol. The maximum atomic E-state index is 11.1. The highest BCUT2D eigenvalue weighted by atomic mass is 32.1. The van der Waals surface area contributed by atoms with Crippen LogP contribution in [0.1, 0.15) is 21.6 Å². The van der Waals surface area contributed by atoms with Crippen LogP contribution < -0.4 is 5.32 Å². The molecule has 0 bridgehead atoms. The molecule has 1 aromatic carbocycles. The molecule has 0 aliphatic rings. The molecule has 0 aliphatic heterocycles. The van der Waals surface area contributed by atoms with Gasteiger partial charge in [-0.25, -0.2) is 9.78 Å². The minimum Gasteiger partial charge on any atom is -0.478 e. The number of hydrogen-bond acceptors (Lipinski definition) is 5. The largest absolute Gasteiger partial charge is 0.478 e. The zero-order valence-electron chi connectivity index (χ0n) is 10.6. The first-order valence-corrected chi connectivity index (χ1v) is 6.52. The highest BCUT2D eigenvalue weighted by Gasteiger charge is 2.09. The minimum atomic E-state index is -0.930. The van der Waals surface area contributed by atoms with E-state index in [0.29, 0.717) is 23.0 Å². The quantitative estimate of drug-likeness (QED) is 0.879. The molecule has 0 amide bonds. The van der Waals surface area contributed by atoms with E-state index < -0.39 is 5.97 Å². The van der Waals surface area contributed by atoms with Gasteiger partial charge in [-0.15, -0.1) is 11.3 Å². The Balaban J connectivity index is 2.18. The summed E-state index contributed by atoms with van der Waals surface area (Å²) in [5, 5.41) is 14.8. The lowest BCUT2D eigenvalue weighted by Crippen LogP contribution is -2.01. The molecular formula is C13H14N2O3S. The van der Waals surface area contributed by atoms with Crippen LogP contribution in [0.5, 0.6) is 0 Å². The third kappa shape index (κ3) is 3.30. The summed E-state index contributed by atoms with van der Waals surface area (Å²) in [5.74, 6) is -0.930. The van der Waals surface area contributed by atoms with Crippen LogP contribution >= 0.6 is 11.3 Å². The maximum absolute atomic E-state index is 11.1. The molecule has 5 nitrogen and oxygen atoms in total. The molecule has 2 aromatic rings. The van der Waals surface area contributed by atoms with Gasteiger partial charge in [0.2, 0.25) is 0 Å². The Hall–Kier alpha value is -1.92. The van der Waals surface area contributed by atoms with E-state index in [9.17, 15) is 4.79 Å². The molecule has 0 saturated carbocycles. The number of methoxy groups -OCH3 is 1. The zero-order valence-corrected chi connectivity index (χ0v) is 11.5. The topological polar surface area (TPSA) is 71.5 Å². The Morgan fingerprint density at radius 3 is 3.00 bits per heavy atom. The molecule has 6 heteroatoms. The van der Waals surface area contributed by atoms with Gasteiger partial charge in [-0.3, -0.25) is 0 Å². The number of carbonyl (C=O) groups is 1. The Kier molecular flexibility index (Phi) is 4.13. The number of hydrogen-bond donors (Lipinski definition) is 2. The number of benzene rings is 1. The van der Waals surface area contributed by atoms with Crippen LogP contribution in [0.2, 0.25) is 0 Å². The van der Waals surface area contributed by atoms with E-state index in [0.717, 1.165) is 11.3 Å². The number of anilines is 2. The Morgan fingerprint density at radius 1 is 1.53 bits per heavy atom. The second-order valence-electron chi connectivity index (χ2n) is 4.04. The minimum absolute atomic E-state index is 0.290. The van der Waals surface area contributed by atoms with Gasteiger partial charge in [0.25, 0.3) is 0 Å². The van der Waals surface area contributed by atoms with Crippen molar-refractivity contribution >= 4 is 28.1 Å². The molecule has 0 unspecified atom stereocenters. The lowest BCUT2D eigenvalue weighted by molar-refractivity contribution is 0.0696. The predicted octanol–water partition coefficient (Wildman–Crippen LogP) is 3.04. The van der Waals surface area contributed by atoms with Crippen molar-refractivity contribution in [3.05, 3.63) is 40.4 Å². The summed E-state index contributed by atoms with van der Waals surface area (Å²) < 4.78 is 5.00. The Morgan fingerprint density at radius 2 is 2.32 bits per heavy atom. The molecule has 0 fully saturated rings. The number of aromatic nitrogens is 1. The molecule has 0 aliphatic carbocycles. The SMILES string of the molecule is COCc1csc(Nc2ccc(C)c(C(=O)O)c2)n1. The fraction of sp³-hybridized carbons (Fsp3) is 0.231. The van der Waals surface area contributed by atoms with E-state index in [1.807, 2.05) is 11.4 Å². The number of rotatable bonds is 5. The van der Waals surface area contributed by atoms with E-state index in [2.05, 4.69) is 10.3 Å². The van der Waals surface area contributed by atoms with Crippen molar-refractivity contribution < 1.29 is 14.6 Å². The standard InChI is InChI=1S/C13H14N2O3S/c1-8-3-4-9(5-11(8)12(16)17)14-13-15-10(6-18-2)7-19-13/h3-5,7H,6H2,1-2H3,(H,14,15)(H,16,17). The number of aryl methyl sites for hydroxylation is 1. The van der Waals surface area contributed by atoms with Gasteiger partial charge in [0.15, 0.2) is 5.13 Å². The number of nitrogens with zero attached hydrogens (tertiary/aromatic N) is 1. The van der Waals surface area contributed by atoms with Crippen molar-refractivity contribution in [2.24, 2.45) is 0 Å². The molecule has 1 aromatic heterocycles. The van der Waals surface area contributed by atoms with Gasteiger partial charge in [-0.1, -0.05) is 6.07 Å². The number of nitrogens with one attached hydrogen (secondary N) is 1. The lowest BCUT2D eigenvalue weighted by atomic mass is 10.1. The normalized spacial score (nSPS) is 10.4. The molecule has 19 heavy (non-hydrogen) atoms. The molecule has 0 saturated heterocycles. The van der Waals surface area contributed by atoms with Crippen molar-refractivity contribution in [2.75, 3.05) is 12.4 Å². The second-order valence-corrected chi connectivity index (χ2v) is 4.89. The number of aromatic carboxylic acids is 1. The summed E-state index contributed by atoms with van der Waals surface area (Å²) in [4.78, 5) is 15.4. The fourth-order valence-electron chi connectivity index (χ4n) is 1.63. The van der Waals surface area contributed by atoms with Crippen molar-refractivity contribution in [2.45, 2.75) is 13.5 Å². The number of carboxylic acid groups (broad SMARTS) is 1. The Labute approximate surface area is 114 Å². The van der Waals surface area contributed by atoms with Crippen LogP contribution in [0.15, 0.2) is 23.6 Å². The first-order valence-electron chi connectivity index (χ1n) is 5.64. The smallest absolute Gasteiger partial charge is 0.336 e. The lowest BCUT2D eigenvalue weighted by Gasteiger charge is -2.06. The molecule has 0 atom stereocenters. The zero-order chi connectivity index (χ0) is 13.8. The van der Waals surface area contributed by atoms with E-state index >= 15 is 0 Å². The molecule has 0 radical (unpaired) electrons. The van der Waals surface area contributed by atoms with E-state index in [1.165, 1.54) is 11.3 Å². The van der Waals surface area contributed by atoms with Crippen molar-refractivity contribution in [3.63, 3.8) is 0 Å². The monoisotopic (exact) mass is 278 g/mol. The average Bonchev–Trinajstić information content (AvgIpc) is 2.79. The third-order valence-electron chi connectivity index (χ3n) is 2.56. The molecule has 2 rings (SSSR count). The summed E-state index contributed by atoms with van der Waals surface area (Å²) >= 11 is 1.45. The van der Waals surface area contributed by atoms with Crippen molar-refractivity contribution in [3.8, 4) is 0 Å². The molecule has 0 spiro atoms. The van der Waals surface area contributed by atoms with Crippen molar-refractivity contribution in [1.82, 2.24) is 4.98 Å². The first-order chi connectivity index (χ1) is 9.10. The molecule has 1 heterocycles. The molecule has 2 N–H and O–H groups in total. The summed E-state index contributed by atoms with van der Waals surface area (Å²) in [6.45, 7) is 2.24. The van der Waals surface area contributed by atoms with Gasteiger partial charge in [0, 0.05) is 18.2 Å². The van der Waals surface area contributed by atoms with Gasteiger partial charge in [0.1, 0.15) is 0 Å². The summed E-state index contributed by atoms with van der Waals surface area (Å²) in [6.07, 6.45) is 0. The van der Waals surface area contributed by atoms with Crippen LogP contribution in [-0.4, -0.2) is 23.2 Å². The van der Waals surface area contributed by atoms with Crippen molar-refractivity contribution in [1.29, 1.82) is 0 Å². The van der Waals surface area contributed by atoms with E-state index in [4.69, 9.17) is 9.84 Å². The van der Waals surface area contributed by atoms with Crippen LogP contribution in [0, 0.1) is 6.92 Å². The van der Waals surface area contributed by atoms with Gasteiger partial charge in [0.05, 0.1) is 17.9 Å². The molecule has 100 valence electrons. The summed E-state index contributed by atoms with van der Waals surface area (Å²) in [5.41, 5.74) is 2.58. The summed E-state index contributed by atoms with van der Waals surface area (Å²) in [6, 6.07) is 5.21. The van der Waals surface area contributed by atoms with Crippen LogP contribution in [0.25, 0.3) is 0 Å². The number of ether oxygens (including phenoxy) is 1. The van der Waals surface area contributed by atoms with Crippen LogP contribution in [0.3, 0.4) is 0 Å².